The fraction of sp³-hybridized carbons (Fsp3) is 0.280. The van der Waals surface area contributed by atoms with Gasteiger partial charge in [-0.2, -0.15) is 5.10 Å². The smallest absolute Gasteiger partial charge is 0.232 e. The lowest BCUT2D eigenvalue weighted by atomic mass is 9.94. The van der Waals surface area contributed by atoms with Crippen LogP contribution < -0.4 is 14.8 Å². The lowest BCUT2D eigenvalue weighted by Crippen LogP contribution is -2.27. The van der Waals surface area contributed by atoms with Gasteiger partial charge in [0, 0.05) is 11.5 Å². The molecule has 158 valence electrons. The molecule has 1 aromatic heterocycles. The van der Waals surface area contributed by atoms with E-state index in [2.05, 4.69) is 21.6 Å². The highest BCUT2D eigenvalue weighted by Gasteiger charge is 2.31. The average Bonchev–Trinajstić information content (AvgIpc) is 3.36. The number of piperidine rings is 1. The molecule has 0 spiro atoms. The van der Waals surface area contributed by atoms with Crippen molar-refractivity contribution >= 4 is 28.8 Å². The molecule has 31 heavy (non-hydrogen) atoms. The maximum Gasteiger partial charge on any atom is 0.232 e. The lowest BCUT2D eigenvalue weighted by Gasteiger charge is -2.21. The molecule has 1 fully saturated rings. The SMILES string of the molecule is COc1ccc2c(c1/C=C/CC1CCNCC1)O/C(=C\c1n[nH]c3ccccc13)C2=O. The first-order valence-corrected chi connectivity index (χ1v) is 10.7. The van der Waals surface area contributed by atoms with Gasteiger partial charge in [0.1, 0.15) is 11.5 Å². The van der Waals surface area contributed by atoms with Gasteiger partial charge in [-0.05, 0) is 56.5 Å². The monoisotopic (exact) mass is 415 g/mol. The van der Waals surface area contributed by atoms with Crippen LogP contribution in [0.15, 0.2) is 48.2 Å². The summed E-state index contributed by atoms with van der Waals surface area (Å²) in [5, 5.41) is 11.7. The van der Waals surface area contributed by atoms with Gasteiger partial charge in [0.2, 0.25) is 5.78 Å². The van der Waals surface area contributed by atoms with Crippen LogP contribution in [0.2, 0.25) is 0 Å². The van der Waals surface area contributed by atoms with Gasteiger partial charge >= 0.3 is 0 Å². The van der Waals surface area contributed by atoms with Gasteiger partial charge in [0.05, 0.1) is 29.4 Å². The van der Waals surface area contributed by atoms with E-state index in [0.717, 1.165) is 36.0 Å². The number of carbonyl (C=O) groups is 1. The van der Waals surface area contributed by atoms with Gasteiger partial charge in [0.25, 0.3) is 0 Å². The molecule has 0 saturated carbocycles. The van der Waals surface area contributed by atoms with Crippen molar-refractivity contribution in [1.82, 2.24) is 15.5 Å². The van der Waals surface area contributed by atoms with E-state index in [4.69, 9.17) is 9.47 Å². The Hall–Kier alpha value is -3.38. The molecule has 2 aromatic carbocycles. The predicted octanol–water partition coefficient (Wildman–Crippen LogP) is 4.59. The number of aromatic nitrogens is 2. The molecule has 0 bridgehead atoms. The Labute approximate surface area is 180 Å². The number of Topliss-reactive ketones (excluding diaryl/α,β-unsaturated/α-hetero) is 1. The summed E-state index contributed by atoms with van der Waals surface area (Å²) in [6, 6.07) is 11.4. The molecule has 0 aliphatic carbocycles. The molecule has 0 atom stereocenters. The number of H-pyrrole nitrogens is 1. The number of aromatic amines is 1. The van der Waals surface area contributed by atoms with E-state index in [1.807, 2.05) is 36.4 Å². The van der Waals surface area contributed by atoms with E-state index < -0.39 is 0 Å². The number of hydrogen-bond donors (Lipinski definition) is 2. The van der Waals surface area contributed by atoms with E-state index in [1.165, 1.54) is 12.8 Å². The second kappa shape index (κ2) is 8.40. The third kappa shape index (κ3) is 3.75. The molecule has 3 aromatic rings. The van der Waals surface area contributed by atoms with E-state index in [1.54, 1.807) is 19.3 Å². The van der Waals surface area contributed by atoms with E-state index in [0.29, 0.717) is 28.7 Å². The molecular formula is C25H25N3O3. The van der Waals surface area contributed by atoms with Gasteiger partial charge in [-0.15, -0.1) is 0 Å². The van der Waals surface area contributed by atoms with Gasteiger partial charge in [-0.1, -0.05) is 30.4 Å². The van der Waals surface area contributed by atoms with Crippen molar-refractivity contribution in [2.75, 3.05) is 20.2 Å². The Morgan fingerprint density at radius 2 is 2.03 bits per heavy atom. The van der Waals surface area contributed by atoms with E-state index in [9.17, 15) is 4.79 Å². The van der Waals surface area contributed by atoms with Crippen LogP contribution in [0.4, 0.5) is 0 Å². The van der Waals surface area contributed by atoms with Crippen molar-refractivity contribution in [3.63, 3.8) is 0 Å². The number of para-hydroxylation sites is 1. The van der Waals surface area contributed by atoms with Crippen LogP contribution in [-0.2, 0) is 0 Å². The summed E-state index contributed by atoms with van der Waals surface area (Å²) in [5.41, 5.74) is 2.95. The Kier molecular flexibility index (Phi) is 5.30. The molecule has 6 heteroatoms. The summed E-state index contributed by atoms with van der Waals surface area (Å²) in [5.74, 6) is 2.06. The van der Waals surface area contributed by atoms with Crippen LogP contribution in [-0.4, -0.2) is 36.2 Å². The molecule has 6 nitrogen and oxygen atoms in total. The Morgan fingerprint density at radius 1 is 1.19 bits per heavy atom. The Balaban J connectivity index is 1.45. The minimum Gasteiger partial charge on any atom is -0.496 e. The van der Waals surface area contributed by atoms with Crippen LogP contribution in [0.25, 0.3) is 23.1 Å². The molecule has 2 aliphatic heterocycles. The number of rotatable bonds is 5. The normalized spacial score (nSPS) is 18.1. The number of fused-ring (bicyclic) bond motifs is 2. The number of nitrogens with zero attached hydrogens (tertiary/aromatic N) is 1. The van der Waals surface area contributed by atoms with E-state index >= 15 is 0 Å². The topological polar surface area (TPSA) is 76.2 Å². The van der Waals surface area contributed by atoms with Crippen LogP contribution in [0.3, 0.4) is 0 Å². The third-order valence-corrected chi connectivity index (χ3v) is 6.04. The lowest BCUT2D eigenvalue weighted by molar-refractivity contribution is 0.101. The summed E-state index contributed by atoms with van der Waals surface area (Å²) >= 11 is 0. The largest absolute Gasteiger partial charge is 0.496 e. The third-order valence-electron chi connectivity index (χ3n) is 6.04. The van der Waals surface area contributed by atoms with Crippen molar-refractivity contribution < 1.29 is 14.3 Å². The molecule has 3 heterocycles. The predicted molar refractivity (Wildman–Crippen MR) is 121 cm³/mol. The highest BCUT2D eigenvalue weighted by molar-refractivity contribution is 6.15. The van der Waals surface area contributed by atoms with Crippen molar-refractivity contribution in [3.05, 3.63) is 65.1 Å². The number of methoxy groups -OCH3 is 1. The molecule has 1 saturated heterocycles. The number of hydrogen-bond acceptors (Lipinski definition) is 5. The number of ketones is 1. The zero-order valence-electron chi connectivity index (χ0n) is 17.5. The van der Waals surface area contributed by atoms with Crippen LogP contribution in [0, 0.1) is 5.92 Å². The summed E-state index contributed by atoms with van der Waals surface area (Å²) in [6.45, 7) is 2.16. The number of carbonyl (C=O) groups excluding carboxylic acids is 1. The minimum absolute atomic E-state index is 0.141. The van der Waals surface area contributed by atoms with Crippen molar-refractivity contribution in [2.45, 2.75) is 19.3 Å². The van der Waals surface area contributed by atoms with Gasteiger partial charge in [0.15, 0.2) is 5.76 Å². The molecule has 5 rings (SSSR count). The molecule has 0 radical (unpaired) electrons. The van der Waals surface area contributed by atoms with Gasteiger partial charge in [-0.25, -0.2) is 0 Å². The van der Waals surface area contributed by atoms with E-state index in [-0.39, 0.29) is 11.5 Å². The van der Waals surface area contributed by atoms with Crippen molar-refractivity contribution in [3.8, 4) is 11.5 Å². The zero-order valence-corrected chi connectivity index (χ0v) is 17.5. The van der Waals surface area contributed by atoms with Crippen molar-refractivity contribution in [1.29, 1.82) is 0 Å². The quantitative estimate of drug-likeness (QED) is 0.596. The van der Waals surface area contributed by atoms with Gasteiger partial charge in [-0.3, -0.25) is 9.89 Å². The first kappa shape index (κ1) is 19.6. The summed E-state index contributed by atoms with van der Waals surface area (Å²) in [6.07, 6.45) is 9.28. The fourth-order valence-corrected chi connectivity index (χ4v) is 4.30. The number of benzene rings is 2. The highest BCUT2D eigenvalue weighted by atomic mass is 16.5. The highest BCUT2D eigenvalue weighted by Crippen LogP contribution is 2.41. The molecule has 2 aliphatic rings. The molecular weight excluding hydrogens is 390 g/mol. The summed E-state index contributed by atoms with van der Waals surface area (Å²) in [7, 11) is 1.63. The second-order valence-electron chi connectivity index (χ2n) is 7.98. The number of ether oxygens (including phenoxy) is 2. The molecule has 0 unspecified atom stereocenters. The molecule has 2 N–H and O–H groups in total. The van der Waals surface area contributed by atoms with Crippen LogP contribution in [0.1, 0.15) is 40.9 Å². The zero-order chi connectivity index (χ0) is 21.2. The Bertz CT molecular complexity index is 1190. The van der Waals surface area contributed by atoms with Crippen molar-refractivity contribution in [2.24, 2.45) is 5.92 Å². The maximum atomic E-state index is 13.0. The Morgan fingerprint density at radius 3 is 2.87 bits per heavy atom. The first-order valence-electron chi connectivity index (χ1n) is 10.7. The van der Waals surface area contributed by atoms with Gasteiger partial charge < -0.3 is 14.8 Å². The second-order valence-corrected chi connectivity index (χ2v) is 7.98. The minimum atomic E-state index is -0.141. The number of nitrogens with one attached hydrogen (secondary N) is 2. The van der Waals surface area contributed by atoms with Crippen LogP contribution >= 0.6 is 0 Å². The van der Waals surface area contributed by atoms with Crippen LogP contribution in [0.5, 0.6) is 11.5 Å². The number of allylic oxidation sites excluding steroid dienone is 2. The fourth-order valence-electron chi connectivity index (χ4n) is 4.30. The summed E-state index contributed by atoms with van der Waals surface area (Å²) in [4.78, 5) is 13.0. The molecule has 0 amide bonds. The average molecular weight is 415 g/mol. The summed E-state index contributed by atoms with van der Waals surface area (Å²) < 4.78 is 11.6. The standard InChI is InChI=1S/C25H25N3O3/c1-30-22-10-9-19-24(29)23(15-21-17-6-2-3-8-20(17)27-28-21)31-25(19)18(22)7-4-5-16-11-13-26-14-12-16/h2-4,6-10,15-16,26H,5,11-14H2,1H3,(H,27,28)/b7-4+,23-15-. The maximum absolute atomic E-state index is 13.0. The first-order chi connectivity index (χ1) is 15.2.